The Morgan fingerprint density at radius 2 is 0.820 bits per heavy atom. The third-order valence-electron chi connectivity index (χ3n) is 12.3. The minimum absolute atomic E-state index is 0. The summed E-state index contributed by atoms with van der Waals surface area (Å²) in [6.07, 6.45) is 10.8. The van der Waals surface area contributed by atoms with Crippen molar-refractivity contribution in [2.75, 3.05) is 0 Å². The summed E-state index contributed by atoms with van der Waals surface area (Å²) in [6, 6.07) is 46.2. The van der Waals surface area contributed by atoms with Gasteiger partial charge in [-0.05, 0) is 0 Å². The number of allylic oxidation sites excluding steroid dienone is 2. The Kier molecular flexibility index (Phi) is 8.39. The van der Waals surface area contributed by atoms with Crippen molar-refractivity contribution in [3.63, 3.8) is 0 Å². The minimum atomic E-state index is -3.73. The Bertz CT molecular complexity index is 2300. The normalized spacial score (nSPS) is 19.7. The van der Waals surface area contributed by atoms with E-state index in [0.717, 1.165) is 11.8 Å². The number of hydrogen-bond acceptors (Lipinski definition) is 0. The van der Waals surface area contributed by atoms with Crippen molar-refractivity contribution in [2.45, 2.75) is 42.2 Å². The van der Waals surface area contributed by atoms with Crippen LogP contribution >= 0.6 is 24.8 Å². The van der Waals surface area contributed by atoms with Crippen molar-refractivity contribution in [1.29, 1.82) is 0 Å². The van der Waals surface area contributed by atoms with Crippen LogP contribution in [0, 0.1) is 11.8 Å². The molecule has 6 aromatic carbocycles. The van der Waals surface area contributed by atoms with E-state index in [2.05, 4.69) is 150 Å². The van der Waals surface area contributed by atoms with Gasteiger partial charge in [-0.2, -0.15) is 0 Å². The number of fused-ring (bicyclic) bond motifs is 4. The van der Waals surface area contributed by atoms with E-state index < -0.39 is 17.4 Å². The molecule has 0 aliphatic heterocycles. The van der Waals surface area contributed by atoms with Crippen molar-refractivity contribution in [2.24, 2.45) is 11.8 Å². The average Bonchev–Trinajstić information content (AvgIpc) is 4.05. The van der Waals surface area contributed by atoms with E-state index in [1.165, 1.54) is 80.6 Å². The summed E-state index contributed by atoms with van der Waals surface area (Å²) in [5, 5.41) is 5.37. The first-order valence-corrected chi connectivity index (χ1v) is 31.8. The SMILES string of the molecule is Cl.Cl.[CH3][Zr]([CH3])(=[SiH2])([CH]1C(C2CC2)=Cc2c(-c3cccc4ccccc34)cccc21)[CH]1C(C2CC2)=Cc2c(-c3cccc4ccccc34)cccc21. The van der Waals surface area contributed by atoms with E-state index in [9.17, 15) is 0 Å². The molecule has 2 unspecified atom stereocenters. The Morgan fingerprint density at radius 1 is 0.460 bits per heavy atom. The van der Waals surface area contributed by atoms with Gasteiger partial charge in [-0.1, -0.05) is 0 Å². The van der Waals surface area contributed by atoms with E-state index in [0.29, 0.717) is 7.25 Å². The van der Waals surface area contributed by atoms with Crippen molar-refractivity contribution in [3.05, 3.63) is 155 Å². The molecule has 0 nitrogen and oxygen atoms in total. The number of hydrogen-bond donors (Lipinski definition) is 0. The molecule has 250 valence electrons. The van der Waals surface area contributed by atoms with Gasteiger partial charge in [0.2, 0.25) is 0 Å². The Morgan fingerprint density at radius 3 is 1.24 bits per heavy atom. The monoisotopic (exact) mass is 784 g/mol. The van der Waals surface area contributed by atoms with Crippen LogP contribution in [0.4, 0.5) is 0 Å². The van der Waals surface area contributed by atoms with Crippen LogP contribution in [0.2, 0.25) is 9.26 Å². The molecule has 50 heavy (non-hydrogen) atoms. The van der Waals surface area contributed by atoms with E-state index in [1.54, 1.807) is 22.3 Å². The maximum atomic E-state index is 2.85. The molecule has 0 saturated heterocycles. The van der Waals surface area contributed by atoms with Gasteiger partial charge in [-0.3, -0.25) is 0 Å². The van der Waals surface area contributed by atoms with Gasteiger partial charge in [-0.25, -0.2) is 0 Å². The molecule has 0 heterocycles. The summed E-state index contributed by atoms with van der Waals surface area (Å²) in [5.74, 6) is 1.49. The van der Waals surface area contributed by atoms with Crippen LogP contribution in [0.5, 0.6) is 0 Å². The zero-order chi connectivity index (χ0) is 32.2. The maximum absolute atomic E-state index is 3.73. The van der Waals surface area contributed by atoms with Crippen molar-refractivity contribution in [1.82, 2.24) is 0 Å². The van der Waals surface area contributed by atoms with E-state index >= 15 is 0 Å². The van der Waals surface area contributed by atoms with Gasteiger partial charge in [0.25, 0.3) is 0 Å². The average molecular weight is 787 g/mol. The fourth-order valence-electron chi connectivity index (χ4n) is 10.1. The van der Waals surface area contributed by atoms with Crippen LogP contribution in [0.1, 0.15) is 55.2 Å². The quantitative estimate of drug-likeness (QED) is 0.148. The third-order valence-corrected chi connectivity index (χ3v) is 29.7. The van der Waals surface area contributed by atoms with Crippen LogP contribution in [0.25, 0.3) is 56.0 Å². The Hall–Kier alpha value is -3.00. The molecule has 0 bridgehead atoms. The second-order valence-corrected chi connectivity index (χ2v) is 46.8. The van der Waals surface area contributed by atoms with Gasteiger partial charge >= 0.3 is 289 Å². The summed E-state index contributed by atoms with van der Waals surface area (Å²) in [4.78, 5) is 0. The van der Waals surface area contributed by atoms with E-state index in [1.807, 2.05) is 0 Å². The zero-order valence-corrected chi connectivity index (χ0v) is 34.4. The first kappa shape index (κ1) is 34.1. The molecular formula is C46H44Cl2SiZr. The third kappa shape index (κ3) is 5.24. The second-order valence-electron chi connectivity index (χ2n) is 16.3. The molecule has 2 atom stereocenters. The molecule has 0 amide bonds. The van der Waals surface area contributed by atoms with Crippen LogP contribution in [0.3, 0.4) is 0 Å². The second kappa shape index (κ2) is 12.3. The number of benzene rings is 6. The van der Waals surface area contributed by atoms with Gasteiger partial charge in [0, 0.05) is 0 Å². The van der Waals surface area contributed by atoms with Gasteiger partial charge in [0.05, 0.1) is 0 Å². The molecule has 4 aliphatic rings. The molecule has 0 spiro atoms. The molecule has 6 aromatic rings. The van der Waals surface area contributed by atoms with Crippen LogP contribution < -0.4 is 0 Å². The summed E-state index contributed by atoms with van der Waals surface area (Å²) < 4.78 is 6.84. The molecule has 2 saturated carbocycles. The van der Waals surface area contributed by atoms with Crippen LogP contribution in [0.15, 0.2) is 132 Å². The first-order valence-electron chi connectivity index (χ1n) is 18.1. The van der Waals surface area contributed by atoms with Crippen LogP contribution in [-0.2, 0) is 17.4 Å². The Balaban J connectivity index is 0.00000180. The van der Waals surface area contributed by atoms with E-state index in [4.69, 9.17) is 0 Å². The fourth-order valence-corrected chi connectivity index (χ4v) is 29.5. The molecule has 4 heteroatoms. The molecule has 2 fully saturated rings. The Labute approximate surface area is 311 Å². The fraction of sp³-hybridized carbons (Fsp3) is 0.217. The zero-order valence-electron chi connectivity index (χ0n) is 28.9. The van der Waals surface area contributed by atoms with Gasteiger partial charge < -0.3 is 0 Å². The summed E-state index contributed by atoms with van der Waals surface area (Å²) in [7, 11) is 0. The first-order chi connectivity index (χ1) is 23.4. The topological polar surface area (TPSA) is 0 Å². The van der Waals surface area contributed by atoms with E-state index in [-0.39, 0.29) is 24.8 Å². The van der Waals surface area contributed by atoms with Crippen LogP contribution in [-0.4, -0.2) is 6.88 Å². The molecule has 10 rings (SSSR count). The number of rotatable bonds is 6. The van der Waals surface area contributed by atoms with Crippen molar-refractivity contribution in [3.8, 4) is 22.3 Å². The van der Waals surface area contributed by atoms with Gasteiger partial charge in [0.1, 0.15) is 0 Å². The molecular weight excluding hydrogens is 743 g/mol. The van der Waals surface area contributed by atoms with Crippen molar-refractivity contribution >= 4 is 65.4 Å². The summed E-state index contributed by atoms with van der Waals surface area (Å²) in [6.45, 7) is 2.53. The molecule has 0 radical (unpaired) electrons. The predicted octanol–water partition coefficient (Wildman–Crippen LogP) is 12.9. The van der Waals surface area contributed by atoms with Gasteiger partial charge in [0.15, 0.2) is 0 Å². The number of halogens is 2. The summed E-state index contributed by atoms with van der Waals surface area (Å²) in [5.41, 5.74) is 15.4. The molecule has 0 N–H and O–H groups in total. The standard InChI is InChI=1S/2C22H17.2CH3.2ClH.H2Si.Zr/c2*1-2-8-19-16(5-1)6-3-9-20(19)21-10-4-7-17-13-18(14-22(17)21)15-11-12-15;;;;;;/h2*1-10,13-15H,11-12H2;2*1H3;2*1H;1H2;. The van der Waals surface area contributed by atoms with Gasteiger partial charge in [-0.15, -0.1) is 24.8 Å². The molecule has 0 aromatic heterocycles. The predicted molar refractivity (Wildman–Crippen MR) is 220 cm³/mol. The molecule has 4 aliphatic carbocycles. The van der Waals surface area contributed by atoms with Crippen molar-refractivity contribution < 1.29 is 17.4 Å². The summed E-state index contributed by atoms with van der Waals surface area (Å²) >= 11 is -3.73.